The van der Waals surface area contributed by atoms with E-state index in [1.165, 1.54) is 17.0 Å². The van der Waals surface area contributed by atoms with Crippen molar-refractivity contribution in [2.75, 3.05) is 20.1 Å². The third kappa shape index (κ3) is 3.74. The van der Waals surface area contributed by atoms with Crippen molar-refractivity contribution in [1.29, 1.82) is 0 Å². The van der Waals surface area contributed by atoms with Gasteiger partial charge in [-0.3, -0.25) is 9.59 Å². The van der Waals surface area contributed by atoms with Gasteiger partial charge in [0.05, 0.1) is 0 Å². The van der Waals surface area contributed by atoms with E-state index in [9.17, 15) is 18.4 Å². The zero-order chi connectivity index (χ0) is 17.3. The molecule has 0 atom stereocenters. The predicted octanol–water partition coefficient (Wildman–Crippen LogP) is 2.57. The molecule has 1 aliphatic heterocycles. The molecule has 1 aromatic rings. The van der Waals surface area contributed by atoms with Crippen LogP contribution < -0.4 is 0 Å². The average Bonchev–Trinajstić information content (AvgIpc) is 3.41. The first-order valence-electron chi connectivity index (χ1n) is 8.43. The summed E-state index contributed by atoms with van der Waals surface area (Å²) in [7, 11) is 1.63. The van der Waals surface area contributed by atoms with Crippen molar-refractivity contribution in [2.24, 2.45) is 11.8 Å². The number of halogens is 2. The van der Waals surface area contributed by atoms with E-state index >= 15 is 0 Å². The first kappa shape index (κ1) is 16.9. The largest absolute Gasteiger partial charge is 0.342 e. The molecule has 0 spiro atoms. The van der Waals surface area contributed by atoms with Crippen molar-refractivity contribution in [2.45, 2.75) is 32.2 Å². The molecule has 3 rings (SSSR count). The van der Waals surface area contributed by atoms with Crippen LogP contribution in [0.4, 0.5) is 8.78 Å². The maximum absolute atomic E-state index is 13.7. The lowest BCUT2D eigenvalue weighted by molar-refractivity contribution is -0.140. The highest BCUT2D eigenvalue weighted by Crippen LogP contribution is 2.32. The van der Waals surface area contributed by atoms with Gasteiger partial charge in [-0.2, -0.15) is 0 Å². The fraction of sp³-hybridized carbons (Fsp3) is 0.556. The van der Waals surface area contributed by atoms with Crippen molar-refractivity contribution >= 4 is 11.8 Å². The second-order valence-electron chi connectivity index (χ2n) is 6.80. The molecule has 6 heteroatoms. The molecule has 1 aliphatic carbocycles. The van der Waals surface area contributed by atoms with E-state index in [2.05, 4.69) is 0 Å². The van der Waals surface area contributed by atoms with Crippen molar-refractivity contribution < 1.29 is 18.4 Å². The summed E-state index contributed by atoms with van der Waals surface area (Å²) in [4.78, 5) is 27.9. The minimum atomic E-state index is -0.639. The minimum absolute atomic E-state index is 0.0442. The molecule has 1 saturated heterocycles. The second kappa shape index (κ2) is 6.87. The highest BCUT2D eigenvalue weighted by molar-refractivity contribution is 5.82. The van der Waals surface area contributed by atoms with Crippen LogP contribution in [0, 0.1) is 23.5 Å². The summed E-state index contributed by atoms with van der Waals surface area (Å²) in [5.74, 6) is -1.01. The van der Waals surface area contributed by atoms with Crippen LogP contribution >= 0.6 is 0 Å². The molecule has 0 unspecified atom stereocenters. The van der Waals surface area contributed by atoms with Crippen molar-refractivity contribution in [1.82, 2.24) is 9.80 Å². The van der Waals surface area contributed by atoms with Crippen LogP contribution in [0.3, 0.4) is 0 Å². The summed E-state index contributed by atoms with van der Waals surface area (Å²) in [5, 5.41) is 0. The highest BCUT2D eigenvalue weighted by atomic mass is 19.1. The third-order valence-corrected chi connectivity index (χ3v) is 4.88. The van der Waals surface area contributed by atoms with Crippen molar-refractivity contribution in [3.8, 4) is 0 Å². The molecule has 2 aliphatic rings. The average molecular weight is 336 g/mol. The number of rotatable bonds is 4. The van der Waals surface area contributed by atoms with Crippen LogP contribution in [0.2, 0.25) is 0 Å². The first-order chi connectivity index (χ1) is 11.5. The molecule has 24 heavy (non-hydrogen) atoms. The fourth-order valence-electron chi connectivity index (χ4n) is 3.23. The van der Waals surface area contributed by atoms with Gasteiger partial charge < -0.3 is 9.80 Å². The Hall–Kier alpha value is -1.98. The molecule has 1 saturated carbocycles. The fourth-order valence-corrected chi connectivity index (χ4v) is 3.23. The van der Waals surface area contributed by atoms with Gasteiger partial charge in [0.15, 0.2) is 0 Å². The summed E-state index contributed by atoms with van der Waals surface area (Å²) >= 11 is 0. The van der Waals surface area contributed by atoms with E-state index in [1.807, 2.05) is 4.90 Å². The molecule has 4 nitrogen and oxygen atoms in total. The molecule has 2 fully saturated rings. The van der Waals surface area contributed by atoms with E-state index in [0.29, 0.717) is 31.5 Å². The Morgan fingerprint density at radius 2 is 1.79 bits per heavy atom. The molecule has 1 aromatic carbocycles. The van der Waals surface area contributed by atoms with Gasteiger partial charge in [-0.15, -0.1) is 0 Å². The third-order valence-electron chi connectivity index (χ3n) is 4.88. The summed E-state index contributed by atoms with van der Waals surface area (Å²) < 4.78 is 26.7. The van der Waals surface area contributed by atoms with E-state index < -0.39 is 11.6 Å². The SMILES string of the molecule is CN(Cc1ccc(F)cc1F)C(=O)C1CCN(C(=O)C2CC2)CC1. The predicted molar refractivity (Wildman–Crippen MR) is 84.9 cm³/mol. The zero-order valence-electron chi connectivity index (χ0n) is 13.8. The van der Waals surface area contributed by atoms with Gasteiger partial charge in [0, 0.05) is 50.1 Å². The lowest BCUT2D eigenvalue weighted by Gasteiger charge is -2.33. The lowest BCUT2D eigenvalue weighted by atomic mass is 9.95. The molecule has 0 bridgehead atoms. The molecular weight excluding hydrogens is 314 g/mol. The van der Waals surface area contributed by atoms with Gasteiger partial charge >= 0.3 is 0 Å². The van der Waals surface area contributed by atoms with Gasteiger partial charge in [0.1, 0.15) is 11.6 Å². The Labute approximate surface area is 140 Å². The zero-order valence-corrected chi connectivity index (χ0v) is 13.8. The Bertz CT molecular complexity index is 638. The number of nitrogens with zero attached hydrogens (tertiary/aromatic N) is 2. The Morgan fingerprint density at radius 1 is 1.12 bits per heavy atom. The van der Waals surface area contributed by atoms with Crippen molar-refractivity contribution in [3.63, 3.8) is 0 Å². The number of hydrogen-bond donors (Lipinski definition) is 0. The minimum Gasteiger partial charge on any atom is -0.342 e. The van der Waals surface area contributed by atoms with Gasteiger partial charge in [0.2, 0.25) is 11.8 Å². The van der Waals surface area contributed by atoms with Crippen LogP contribution in [-0.4, -0.2) is 41.8 Å². The molecule has 1 heterocycles. The van der Waals surface area contributed by atoms with Crippen LogP contribution in [0.25, 0.3) is 0 Å². The maximum Gasteiger partial charge on any atom is 0.225 e. The number of carbonyl (C=O) groups excluding carboxylic acids is 2. The van der Waals surface area contributed by atoms with E-state index in [0.717, 1.165) is 18.9 Å². The van der Waals surface area contributed by atoms with Gasteiger partial charge in [-0.05, 0) is 31.7 Å². The quantitative estimate of drug-likeness (QED) is 0.848. The Kier molecular flexibility index (Phi) is 4.83. The number of hydrogen-bond acceptors (Lipinski definition) is 2. The number of carbonyl (C=O) groups is 2. The summed E-state index contributed by atoms with van der Waals surface area (Å²) in [6.45, 7) is 1.35. The maximum atomic E-state index is 13.7. The summed E-state index contributed by atoms with van der Waals surface area (Å²) in [6, 6.07) is 3.39. The standard InChI is InChI=1S/C18H22F2N2O2/c1-21(11-14-4-5-15(19)10-16(14)20)17(23)13-6-8-22(9-7-13)18(24)12-2-3-12/h4-5,10,12-13H,2-3,6-9,11H2,1H3. The van der Waals surface area contributed by atoms with E-state index in [-0.39, 0.29) is 30.2 Å². The van der Waals surface area contributed by atoms with E-state index in [4.69, 9.17) is 0 Å². The second-order valence-corrected chi connectivity index (χ2v) is 6.80. The number of amides is 2. The molecule has 0 aromatic heterocycles. The topological polar surface area (TPSA) is 40.6 Å². The Morgan fingerprint density at radius 3 is 2.38 bits per heavy atom. The number of benzene rings is 1. The van der Waals surface area contributed by atoms with Crippen molar-refractivity contribution in [3.05, 3.63) is 35.4 Å². The van der Waals surface area contributed by atoms with Crippen LogP contribution in [0.1, 0.15) is 31.2 Å². The molecule has 130 valence electrons. The number of piperidine rings is 1. The van der Waals surface area contributed by atoms with Crippen LogP contribution in [0.15, 0.2) is 18.2 Å². The molecule has 0 radical (unpaired) electrons. The first-order valence-corrected chi connectivity index (χ1v) is 8.43. The lowest BCUT2D eigenvalue weighted by Crippen LogP contribution is -2.43. The highest BCUT2D eigenvalue weighted by Gasteiger charge is 2.36. The summed E-state index contributed by atoms with van der Waals surface area (Å²) in [6.07, 6.45) is 3.27. The van der Waals surface area contributed by atoms with Crippen LogP contribution in [0.5, 0.6) is 0 Å². The van der Waals surface area contributed by atoms with Gasteiger partial charge in [-0.25, -0.2) is 8.78 Å². The molecule has 0 N–H and O–H groups in total. The number of likely N-dealkylation sites (tertiary alicyclic amines) is 1. The monoisotopic (exact) mass is 336 g/mol. The Balaban J connectivity index is 1.53. The normalized spacial score (nSPS) is 18.5. The molecule has 2 amide bonds. The van der Waals surface area contributed by atoms with Gasteiger partial charge in [0.25, 0.3) is 0 Å². The van der Waals surface area contributed by atoms with Gasteiger partial charge in [-0.1, -0.05) is 6.07 Å². The summed E-state index contributed by atoms with van der Waals surface area (Å²) in [5.41, 5.74) is 0.300. The smallest absolute Gasteiger partial charge is 0.225 e. The molecular formula is C18H22F2N2O2. The van der Waals surface area contributed by atoms with E-state index in [1.54, 1.807) is 7.05 Å². The van der Waals surface area contributed by atoms with Crippen LogP contribution in [-0.2, 0) is 16.1 Å².